The highest BCUT2D eigenvalue weighted by molar-refractivity contribution is 5.91. The highest BCUT2D eigenvalue weighted by Crippen LogP contribution is 2.15. The zero-order valence-electron chi connectivity index (χ0n) is 15.7. The smallest absolute Gasteiger partial charge is 0.276 e. The van der Waals surface area contributed by atoms with Crippen LogP contribution in [0.15, 0.2) is 16.8 Å². The van der Waals surface area contributed by atoms with Gasteiger partial charge in [0.1, 0.15) is 0 Å². The zero-order chi connectivity index (χ0) is 18.5. The summed E-state index contributed by atoms with van der Waals surface area (Å²) < 4.78 is 7.03. The lowest BCUT2D eigenvalue weighted by molar-refractivity contribution is 0.0766. The summed E-state index contributed by atoms with van der Waals surface area (Å²) in [6.07, 6.45) is 1.71. The maximum atomic E-state index is 12.5. The van der Waals surface area contributed by atoms with E-state index < -0.39 is 0 Å². The lowest BCUT2D eigenvalue weighted by Crippen LogP contribution is -2.44. The average Bonchev–Trinajstić information content (AvgIpc) is 3.30. The summed E-state index contributed by atoms with van der Waals surface area (Å²) in [4.78, 5) is 16.5. The molecule has 2 aromatic rings. The number of aromatic nitrogens is 4. The largest absolute Gasteiger partial charge is 0.359 e. The first-order valence-corrected chi connectivity index (χ1v) is 9.07. The second-order valence-corrected chi connectivity index (χ2v) is 6.99. The highest BCUT2D eigenvalue weighted by Gasteiger charge is 2.19. The minimum Gasteiger partial charge on any atom is -0.359 e. The number of carbonyl (C=O) groups is 1. The van der Waals surface area contributed by atoms with Gasteiger partial charge in [0, 0.05) is 45.8 Å². The second-order valence-electron chi connectivity index (χ2n) is 6.99. The Bertz CT molecular complexity index is 718. The fourth-order valence-corrected chi connectivity index (χ4v) is 2.86. The molecule has 0 bridgehead atoms. The van der Waals surface area contributed by atoms with Gasteiger partial charge in [-0.3, -0.25) is 14.4 Å². The molecular formula is C17H27N7O2. The summed E-state index contributed by atoms with van der Waals surface area (Å²) in [6.45, 7) is 10.2. The maximum Gasteiger partial charge on any atom is 0.276 e. The first-order chi connectivity index (χ1) is 12.5. The normalized spacial score (nSPS) is 15.5. The molecule has 0 saturated carbocycles. The molecule has 1 saturated heterocycles. The van der Waals surface area contributed by atoms with Crippen LogP contribution in [0.2, 0.25) is 0 Å². The van der Waals surface area contributed by atoms with E-state index in [2.05, 4.69) is 39.5 Å². The Morgan fingerprint density at radius 1 is 1.35 bits per heavy atom. The Hall–Kier alpha value is -2.26. The summed E-state index contributed by atoms with van der Waals surface area (Å²) in [7, 11) is 1.72. The monoisotopic (exact) mass is 361 g/mol. The van der Waals surface area contributed by atoms with Crippen molar-refractivity contribution in [1.29, 1.82) is 0 Å². The fourth-order valence-electron chi connectivity index (χ4n) is 2.86. The molecule has 0 unspecified atom stereocenters. The Morgan fingerprint density at radius 2 is 2.12 bits per heavy atom. The van der Waals surface area contributed by atoms with E-state index >= 15 is 0 Å². The van der Waals surface area contributed by atoms with E-state index in [-0.39, 0.29) is 5.91 Å². The zero-order valence-corrected chi connectivity index (χ0v) is 15.7. The van der Waals surface area contributed by atoms with Crippen LogP contribution in [0.4, 0.5) is 0 Å². The Morgan fingerprint density at radius 3 is 2.81 bits per heavy atom. The Kier molecular flexibility index (Phi) is 6.00. The van der Waals surface area contributed by atoms with Gasteiger partial charge in [0.15, 0.2) is 11.5 Å². The van der Waals surface area contributed by atoms with Gasteiger partial charge < -0.3 is 14.7 Å². The molecule has 26 heavy (non-hydrogen) atoms. The van der Waals surface area contributed by atoms with Crippen LogP contribution in [-0.2, 0) is 13.1 Å². The molecule has 1 aliphatic rings. The van der Waals surface area contributed by atoms with Gasteiger partial charge in [0.2, 0.25) is 0 Å². The van der Waals surface area contributed by atoms with Crippen molar-refractivity contribution >= 4 is 5.91 Å². The molecule has 1 amide bonds. The number of hydrogen-bond donors (Lipinski definition) is 1. The maximum absolute atomic E-state index is 12.5. The summed E-state index contributed by atoms with van der Waals surface area (Å²) >= 11 is 0. The van der Waals surface area contributed by atoms with Crippen LogP contribution in [-0.4, -0.2) is 75.6 Å². The van der Waals surface area contributed by atoms with Crippen LogP contribution in [0.25, 0.3) is 0 Å². The van der Waals surface area contributed by atoms with Gasteiger partial charge in [-0.25, -0.2) is 0 Å². The van der Waals surface area contributed by atoms with E-state index in [1.54, 1.807) is 22.8 Å². The third-order valence-electron chi connectivity index (χ3n) is 4.52. The number of nitrogens with zero attached hydrogens (tertiary/aromatic N) is 6. The van der Waals surface area contributed by atoms with Crippen LogP contribution in [0.1, 0.15) is 41.7 Å². The minimum absolute atomic E-state index is 0.180. The molecule has 3 rings (SSSR count). The molecule has 3 heterocycles. The summed E-state index contributed by atoms with van der Waals surface area (Å²) in [6, 6.07) is 1.89. The van der Waals surface area contributed by atoms with Gasteiger partial charge in [-0.2, -0.15) is 0 Å². The summed E-state index contributed by atoms with van der Waals surface area (Å²) in [5, 5.41) is 15.5. The van der Waals surface area contributed by atoms with Gasteiger partial charge >= 0.3 is 0 Å². The van der Waals surface area contributed by atoms with E-state index in [9.17, 15) is 4.79 Å². The van der Waals surface area contributed by atoms with E-state index in [1.165, 1.54) is 0 Å². The van der Waals surface area contributed by atoms with Crippen LogP contribution in [0.3, 0.4) is 0 Å². The van der Waals surface area contributed by atoms with Gasteiger partial charge in [-0.15, -0.1) is 5.10 Å². The molecule has 0 aromatic carbocycles. The lowest BCUT2D eigenvalue weighted by atomic mass is 10.1. The van der Waals surface area contributed by atoms with Crippen LogP contribution >= 0.6 is 0 Å². The molecule has 1 fully saturated rings. The van der Waals surface area contributed by atoms with Gasteiger partial charge in [-0.05, 0) is 5.92 Å². The van der Waals surface area contributed by atoms with E-state index in [1.807, 2.05) is 6.07 Å². The topological polar surface area (TPSA) is 92.3 Å². The standard InChI is InChI=1S/C17H27N7O2/c1-13(2)15-10-14(26-20-15)11-22(3)17(25)16-12-24(21-19-16)9-8-23-6-4-18-5-7-23/h10,12-13,18H,4-9,11H2,1-3H3. The molecule has 0 aliphatic carbocycles. The van der Waals surface area contributed by atoms with Crippen LogP contribution < -0.4 is 5.32 Å². The van der Waals surface area contributed by atoms with Crippen molar-refractivity contribution in [2.75, 3.05) is 39.8 Å². The van der Waals surface area contributed by atoms with E-state index in [0.717, 1.165) is 45.0 Å². The number of piperazine rings is 1. The first kappa shape index (κ1) is 18.5. The summed E-state index contributed by atoms with van der Waals surface area (Å²) in [5.74, 6) is 0.778. The average molecular weight is 361 g/mol. The lowest BCUT2D eigenvalue weighted by Gasteiger charge is -2.26. The first-order valence-electron chi connectivity index (χ1n) is 9.07. The predicted octanol–water partition coefficient (Wildman–Crippen LogP) is 0.567. The van der Waals surface area contributed by atoms with Crippen molar-refractivity contribution in [1.82, 2.24) is 35.3 Å². The highest BCUT2D eigenvalue weighted by atomic mass is 16.5. The van der Waals surface area contributed by atoms with Crippen molar-refractivity contribution in [2.24, 2.45) is 0 Å². The number of hydrogen-bond acceptors (Lipinski definition) is 7. The van der Waals surface area contributed by atoms with Crippen molar-refractivity contribution in [3.8, 4) is 0 Å². The molecule has 2 aromatic heterocycles. The minimum atomic E-state index is -0.180. The van der Waals surface area contributed by atoms with Crippen molar-refractivity contribution in [3.05, 3.63) is 29.4 Å². The second kappa shape index (κ2) is 8.41. The molecular weight excluding hydrogens is 334 g/mol. The van der Waals surface area contributed by atoms with Gasteiger partial charge in [-0.1, -0.05) is 24.2 Å². The molecule has 0 atom stereocenters. The molecule has 9 nitrogen and oxygen atoms in total. The number of amides is 1. The number of nitrogens with one attached hydrogen (secondary N) is 1. The fraction of sp³-hybridized carbons (Fsp3) is 0.647. The Balaban J connectivity index is 1.52. The van der Waals surface area contributed by atoms with Crippen LogP contribution in [0.5, 0.6) is 0 Å². The number of rotatable bonds is 7. The number of carbonyl (C=O) groups excluding carboxylic acids is 1. The van der Waals surface area contributed by atoms with Crippen molar-refractivity contribution in [3.63, 3.8) is 0 Å². The molecule has 0 spiro atoms. The van der Waals surface area contributed by atoms with E-state index in [0.29, 0.717) is 23.9 Å². The van der Waals surface area contributed by atoms with Gasteiger partial charge in [0.05, 0.1) is 25.0 Å². The van der Waals surface area contributed by atoms with Crippen LogP contribution in [0, 0.1) is 0 Å². The molecule has 1 aliphatic heterocycles. The third kappa shape index (κ3) is 4.67. The predicted molar refractivity (Wildman–Crippen MR) is 95.7 cm³/mol. The van der Waals surface area contributed by atoms with Gasteiger partial charge in [0.25, 0.3) is 5.91 Å². The molecule has 0 radical (unpaired) electrons. The van der Waals surface area contributed by atoms with E-state index in [4.69, 9.17) is 4.52 Å². The Labute approximate surface area is 153 Å². The van der Waals surface area contributed by atoms with Crippen molar-refractivity contribution < 1.29 is 9.32 Å². The molecule has 9 heteroatoms. The third-order valence-corrected chi connectivity index (χ3v) is 4.52. The molecule has 142 valence electrons. The summed E-state index contributed by atoms with van der Waals surface area (Å²) in [5.41, 5.74) is 1.23. The quantitative estimate of drug-likeness (QED) is 0.770. The van der Waals surface area contributed by atoms with Crippen molar-refractivity contribution in [2.45, 2.75) is 32.9 Å². The SMILES string of the molecule is CC(C)c1cc(CN(C)C(=O)c2cn(CCN3CCNCC3)nn2)on1. The molecule has 1 N–H and O–H groups in total.